The molecular formula is C18H25N5OS2. The minimum atomic E-state index is 0.0816. The molecule has 8 heteroatoms. The molecule has 2 aliphatic carbocycles. The van der Waals surface area contributed by atoms with E-state index in [-0.39, 0.29) is 11.9 Å². The summed E-state index contributed by atoms with van der Waals surface area (Å²) in [7, 11) is 0. The molecule has 6 nitrogen and oxygen atoms in total. The normalized spacial score (nSPS) is 25.5. The molecule has 1 amide bonds. The maximum absolute atomic E-state index is 12.4. The second kappa shape index (κ2) is 8.08. The minimum absolute atomic E-state index is 0.0816. The van der Waals surface area contributed by atoms with Crippen LogP contribution in [-0.4, -0.2) is 37.9 Å². The van der Waals surface area contributed by atoms with E-state index in [4.69, 9.17) is 0 Å². The van der Waals surface area contributed by atoms with Crippen LogP contribution in [0.4, 0.5) is 0 Å². The zero-order valence-electron chi connectivity index (χ0n) is 15.0. The Balaban J connectivity index is 1.24. The third-order valence-corrected chi connectivity index (χ3v) is 7.70. The Morgan fingerprint density at radius 2 is 2.38 bits per heavy atom. The molecule has 2 heterocycles. The van der Waals surface area contributed by atoms with Gasteiger partial charge < -0.3 is 5.32 Å². The lowest BCUT2D eigenvalue weighted by atomic mass is 9.84. The average Bonchev–Trinajstić information content (AvgIpc) is 3.43. The summed E-state index contributed by atoms with van der Waals surface area (Å²) in [5.41, 5.74) is 0. The van der Waals surface area contributed by atoms with Crippen LogP contribution in [0.3, 0.4) is 0 Å². The van der Waals surface area contributed by atoms with Crippen molar-refractivity contribution in [3.05, 3.63) is 22.4 Å². The van der Waals surface area contributed by atoms with E-state index >= 15 is 0 Å². The summed E-state index contributed by atoms with van der Waals surface area (Å²) in [5, 5.41) is 17.9. The van der Waals surface area contributed by atoms with E-state index in [1.54, 1.807) is 16.0 Å². The first-order chi connectivity index (χ1) is 12.7. The third-order valence-electron chi connectivity index (χ3n) is 5.81. The summed E-state index contributed by atoms with van der Waals surface area (Å²) in [4.78, 5) is 13.7. The van der Waals surface area contributed by atoms with Crippen LogP contribution in [0.25, 0.3) is 0 Å². The molecule has 0 spiro atoms. The molecule has 2 aromatic heterocycles. The fraction of sp³-hybridized carbons (Fsp3) is 0.667. The van der Waals surface area contributed by atoms with Crippen LogP contribution in [0.1, 0.15) is 37.5 Å². The van der Waals surface area contributed by atoms with Gasteiger partial charge in [0.05, 0.1) is 12.3 Å². The quantitative estimate of drug-likeness (QED) is 0.700. The number of aryl methyl sites for hydroxylation is 2. The fourth-order valence-electron chi connectivity index (χ4n) is 4.55. The number of carbonyl (C=O) groups excluding carboxylic acids is 1. The molecule has 4 atom stereocenters. The minimum Gasteiger partial charge on any atom is -0.353 e. The van der Waals surface area contributed by atoms with Gasteiger partial charge in [0.15, 0.2) is 0 Å². The number of aromatic nitrogens is 4. The molecule has 26 heavy (non-hydrogen) atoms. The zero-order chi connectivity index (χ0) is 17.9. The second-order valence-corrected chi connectivity index (χ2v) is 9.47. The first kappa shape index (κ1) is 18.0. The number of nitrogens with one attached hydrogen (secondary N) is 1. The Morgan fingerprint density at radius 3 is 3.12 bits per heavy atom. The molecule has 0 radical (unpaired) electrons. The van der Waals surface area contributed by atoms with Crippen LogP contribution in [-0.2, 0) is 17.8 Å². The molecule has 2 bridgehead atoms. The maximum Gasteiger partial charge on any atom is 0.230 e. The standard InChI is InChI=1S/C18H25N5OS2/c1-12(16-10-13-4-5-14(16)9-13)19-17(24)11-26-18-20-21-22-23(18)7-6-15-3-2-8-25-15/h2-3,8,12-14,16H,4-7,9-11H2,1H3,(H,19,24). The number of nitrogens with zero attached hydrogens (tertiary/aromatic N) is 4. The van der Waals surface area contributed by atoms with Gasteiger partial charge in [-0.25, -0.2) is 4.68 Å². The number of hydrogen-bond acceptors (Lipinski definition) is 6. The molecule has 140 valence electrons. The largest absolute Gasteiger partial charge is 0.353 e. The summed E-state index contributed by atoms with van der Waals surface area (Å²) in [6, 6.07) is 4.44. The van der Waals surface area contributed by atoms with Crippen LogP contribution in [0.2, 0.25) is 0 Å². The number of thiophene rings is 1. The van der Waals surface area contributed by atoms with Gasteiger partial charge in [-0.2, -0.15) is 0 Å². The highest BCUT2D eigenvalue weighted by atomic mass is 32.2. The topological polar surface area (TPSA) is 72.7 Å². The lowest BCUT2D eigenvalue weighted by molar-refractivity contribution is -0.119. The van der Waals surface area contributed by atoms with Gasteiger partial charge in [0.2, 0.25) is 11.1 Å². The molecule has 2 saturated carbocycles. The van der Waals surface area contributed by atoms with Crippen LogP contribution in [0.5, 0.6) is 0 Å². The van der Waals surface area contributed by atoms with E-state index < -0.39 is 0 Å². The van der Waals surface area contributed by atoms with Crippen LogP contribution >= 0.6 is 23.1 Å². The molecule has 0 saturated heterocycles. The molecule has 4 rings (SSSR count). The van der Waals surface area contributed by atoms with Crippen molar-refractivity contribution >= 4 is 29.0 Å². The predicted octanol–water partition coefficient (Wildman–Crippen LogP) is 3.01. The second-order valence-electron chi connectivity index (χ2n) is 7.50. The van der Waals surface area contributed by atoms with Crippen molar-refractivity contribution in [2.45, 2.75) is 56.8 Å². The summed E-state index contributed by atoms with van der Waals surface area (Å²) in [6.45, 7) is 2.90. The van der Waals surface area contributed by atoms with Crippen molar-refractivity contribution < 1.29 is 4.79 Å². The Morgan fingerprint density at radius 1 is 1.46 bits per heavy atom. The van der Waals surface area contributed by atoms with Gasteiger partial charge in [0.25, 0.3) is 0 Å². The summed E-state index contributed by atoms with van der Waals surface area (Å²) >= 11 is 3.16. The number of hydrogen-bond donors (Lipinski definition) is 1. The molecular weight excluding hydrogens is 366 g/mol. The van der Waals surface area contributed by atoms with E-state index in [9.17, 15) is 4.79 Å². The number of rotatable bonds is 8. The van der Waals surface area contributed by atoms with Crippen molar-refractivity contribution in [2.75, 3.05) is 5.75 Å². The molecule has 0 aliphatic heterocycles. The van der Waals surface area contributed by atoms with E-state index in [1.807, 2.05) is 0 Å². The fourth-order valence-corrected chi connectivity index (χ4v) is 5.96. The van der Waals surface area contributed by atoms with Crippen molar-refractivity contribution in [3.8, 4) is 0 Å². The van der Waals surface area contributed by atoms with E-state index in [2.05, 4.69) is 45.3 Å². The third kappa shape index (κ3) is 4.11. The van der Waals surface area contributed by atoms with Crippen molar-refractivity contribution in [3.63, 3.8) is 0 Å². The van der Waals surface area contributed by atoms with Crippen LogP contribution < -0.4 is 5.32 Å². The van der Waals surface area contributed by atoms with Crippen LogP contribution in [0.15, 0.2) is 22.7 Å². The van der Waals surface area contributed by atoms with E-state index in [0.29, 0.717) is 16.8 Å². The smallest absolute Gasteiger partial charge is 0.230 e. The molecule has 4 unspecified atom stereocenters. The SMILES string of the molecule is CC(NC(=O)CSc1nnnn1CCc1cccs1)C1CC2CCC1C2. The highest BCUT2D eigenvalue weighted by molar-refractivity contribution is 7.99. The van der Waals surface area contributed by atoms with Gasteiger partial charge in [-0.15, -0.1) is 16.4 Å². The number of amides is 1. The van der Waals surface area contributed by atoms with E-state index in [1.165, 1.54) is 42.3 Å². The number of thioether (sulfide) groups is 1. The summed E-state index contributed by atoms with van der Waals surface area (Å²) in [5.74, 6) is 2.85. The Hall–Kier alpha value is -1.41. The van der Waals surface area contributed by atoms with Gasteiger partial charge in [-0.1, -0.05) is 24.2 Å². The van der Waals surface area contributed by atoms with Crippen LogP contribution in [0, 0.1) is 17.8 Å². The van der Waals surface area contributed by atoms with Gasteiger partial charge in [0, 0.05) is 17.3 Å². The summed E-state index contributed by atoms with van der Waals surface area (Å²) < 4.78 is 1.79. The first-order valence-electron chi connectivity index (χ1n) is 9.39. The Kier molecular flexibility index (Phi) is 5.59. The Labute approximate surface area is 162 Å². The predicted molar refractivity (Wildman–Crippen MR) is 103 cm³/mol. The lowest BCUT2D eigenvalue weighted by Crippen LogP contribution is -2.40. The van der Waals surface area contributed by atoms with Gasteiger partial charge >= 0.3 is 0 Å². The number of carbonyl (C=O) groups is 1. The summed E-state index contributed by atoms with van der Waals surface area (Å²) in [6.07, 6.45) is 6.32. The van der Waals surface area contributed by atoms with Crippen molar-refractivity contribution in [1.29, 1.82) is 0 Å². The Bertz CT molecular complexity index is 732. The molecule has 1 N–H and O–H groups in total. The van der Waals surface area contributed by atoms with E-state index in [0.717, 1.165) is 24.8 Å². The monoisotopic (exact) mass is 391 g/mol. The maximum atomic E-state index is 12.4. The molecule has 2 aliphatic rings. The first-order valence-corrected chi connectivity index (χ1v) is 11.3. The molecule has 2 aromatic rings. The van der Waals surface area contributed by atoms with Gasteiger partial charge in [0.1, 0.15) is 0 Å². The number of tetrazole rings is 1. The molecule has 0 aromatic carbocycles. The number of fused-ring (bicyclic) bond motifs is 2. The zero-order valence-corrected chi connectivity index (χ0v) is 16.6. The highest BCUT2D eigenvalue weighted by Gasteiger charge is 2.42. The van der Waals surface area contributed by atoms with Crippen molar-refractivity contribution in [2.24, 2.45) is 17.8 Å². The van der Waals surface area contributed by atoms with Crippen molar-refractivity contribution in [1.82, 2.24) is 25.5 Å². The van der Waals surface area contributed by atoms with Gasteiger partial charge in [-0.05, 0) is 65.8 Å². The average molecular weight is 392 g/mol. The molecule has 2 fully saturated rings. The van der Waals surface area contributed by atoms with Gasteiger partial charge in [-0.3, -0.25) is 4.79 Å². The highest BCUT2D eigenvalue weighted by Crippen LogP contribution is 2.49. The lowest BCUT2D eigenvalue weighted by Gasteiger charge is -2.28.